The number of piperidine rings is 1. The SMILES string of the molecule is C[C@@H](c1ccc(F)cc1)C1(N)C=C(N2CCC3(CC2)OCCO3)C=C(Nc2cnccn2)N1. The van der Waals surface area contributed by atoms with Gasteiger partial charge in [-0.1, -0.05) is 19.1 Å². The summed E-state index contributed by atoms with van der Waals surface area (Å²) in [6, 6.07) is 6.47. The molecule has 3 aliphatic heterocycles. The Kier molecular flexibility index (Phi) is 5.77. The number of anilines is 1. The van der Waals surface area contributed by atoms with Crippen molar-refractivity contribution in [1.29, 1.82) is 0 Å². The molecule has 4 N–H and O–H groups in total. The highest BCUT2D eigenvalue weighted by Crippen LogP contribution is 2.35. The predicted molar refractivity (Wildman–Crippen MR) is 122 cm³/mol. The maximum absolute atomic E-state index is 13.5. The van der Waals surface area contributed by atoms with E-state index in [4.69, 9.17) is 15.2 Å². The summed E-state index contributed by atoms with van der Waals surface area (Å²) in [5, 5.41) is 6.71. The predicted octanol–water partition coefficient (Wildman–Crippen LogP) is 2.65. The Morgan fingerprint density at radius 3 is 2.55 bits per heavy atom. The molecule has 2 atom stereocenters. The van der Waals surface area contributed by atoms with Crippen molar-refractivity contribution in [3.8, 4) is 0 Å². The van der Waals surface area contributed by atoms with E-state index in [1.807, 2.05) is 13.0 Å². The summed E-state index contributed by atoms with van der Waals surface area (Å²) >= 11 is 0. The molecule has 0 bridgehead atoms. The number of ether oxygens (including phenoxy) is 2. The summed E-state index contributed by atoms with van der Waals surface area (Å²) in [6.45, 7) is 4.92. The largest absolute Gasteiger partial charge is 0.371 e. The first kappa shape index (κ1) is 21.8. The summed E-state index contributed by atoms with van der Waals surface area (Å²) in [6.07, 6.45) is 10.6. The van der Waals surface area contributed by atoms with E-state index in [0.717, 1.165) is 43.0 Å². The zero-order valence-electron chi connectivity index (χ0n) is 18.6. The quantitative estimate of drug-likeness (QED) is 0.637. The van der Waals surface area contributed by atoms with Gasteiger partial charge >= 0.3 is 0 Å². The molecule has 1 aromatic carbocycles. The van der Waals surface area contributed by atoms with Crippen molar-refractivity contribution in [2.75, 3.05) is 31.6 Å². The smallest absolute Gasteiger partial charge is 0.171 e. The summed E-state index contributed by atoms with van der Waals surface area (Å²) < 4.78 is 25.3. The highest BCUT2D eigenvalue weighted by atomic mass is 19.1. The van der Waals surface area contributed by atoms with Gasteiger partial charge in [-0.05, 0) is 23.8 Å². The second kappa shape index (κ2) is 8.74. The van der Waals surface area contributed by atoms with Crippen LogP contribution >= 0.6 is 0 Å². The molecular weight excluding hydrogens is 423 g/mol. The van der Waals surface area contributed by atoms with Gasteiger partial charge in [0.05, 0.1) is 19.4 Å². The Labute approximate surface area is 192 Å². The van der Waals surface area contributed by atoms with Gasteiger partial charge in [0.15, 0.2) is 5.79 Å². The van der Waals surface area contributed by atoms with Crippen molar-refractivity contribution in [2.45, 2.75) is 37.1 Å². The van der Waals surface area contributed by atoms with E-state index in [2.05, 4.69) is 31.6 Å². The molecule has 2 aromatic rings. The van der Waals surface area contributed by atoms with Gasteiger partial charge in [-0.2, -0.15) is 0 Å². The van der Waals surface area contributed by atoms with Gasteiger partial charge in [0.25, 0.3) is 0 Å². The molecule has 0 radical (unpaired) electrons. The van der Waals surface area contributed by atoms with E-state index in [0.29, 0.717) is 19.0 Å². The summed E-state index contributed by atoms with van der Waals surface area (Å²) in [7, 11) is 0. The van der Waals surface area contributed by atoms with Crippen molar-refractivity contribution in [3.05, 3.63) is 77.9 Å². The van der Waals surface area contributed by atoms with Crippen molar-refractivity contribution >= 4 is 5.82 Å². The molecule has 2 fully saturated rings. The van der Waals surface area contributed by atoms with Gasteiger partial charge < -0.3 is 30.7 Å². The standard InChI is InChI=1S/C24H29FN6O2/c1-17(18-2-4-19(25)5-3-18)24(26)15-20(14-21(30-24)29-22-16-27-8-9-28-22)31-10-6-23(7-11-31)32-12-13-33-23/h2-5,8-9,14-17,30H,6-7,10-13,26H2,1H3,(H,28,29)/t17-,24?/m0/s1. The van der Waals surface area contributed by atoms with Crippen LogP contribution in [0.3, 0.4) is 0 Å². The highest BCUT2D eigenvalue weighted by Gasteiger charge is 2.41. The molecule has 1 unspecified atom stereocenters. The van der Waals surface area contributed by atoms with Gasteiger partial charge in [-0.15, -0.1) is 0 Å². The Morgan fingerprint density at radius 1 is 1.15 bits per heavy atom. The van der Waals surface area contributed by atoms with Crippen molar-refractivity contribution in [2.24, 2.45) is 5.73 Å². The van der Waals surface area contributed by atoms with Crippen LogP contribution in [0.25, 0.3) is 0 Å². The van der Waals surface area contributed by atoms with Crippen LogP contribution in [-0.2, 0) is 9.47 Å². The molecule has 4 heterocycles. The highest BCUT2D eigenvalue weighted by molar-refractivity contribution is 5.45. The fourth-order valence-corrected chi connectivity index (χ4v) is 4.64. The Hall–Kier alpha value is -3.01. The van der Waals surface area contributed by atoms with Crippen LogP contribution in [-0.4, -0.2) is 52.6 Å². The van der Waals surface area contributed by atoms with Gasteiger partial charge in [-0.25, -0.2) is 9.37 Å². The molecule has 3 aliphatic rings. The number of allylic oxidation sites excluding steroid dienone is 1. The summed E-state index contributed by atoms with van der Waals surface area (Å²) in [4.78, 5) is 10.7. The fourth-order valence-electron chi connectivity index (χ4n) is 4.64. The third kappa shape index (κ3) is 4.57. The third-order valence-corrected chi connectivity index (χ3v) is 6.65. The number of nitrogens with two attached hydrogens (primary N) is 1. The molecule has 33 heavy (non-hydrogen) atoms. The van der Waals surface area contributed by atoms with Crippen LogP contribution in [0.1, 0.15) is 31.2 Å². The monoisotopic (exact) mass is 452 g/mol. The lowest BCUT2D eigenvalue weighted by Crippen LogP contribution is -2.58. The van der Waals surface area contributed by atoms with Crippen molar-refractivity contribution in [3.63, 3.8) is 0 Å². The van der Waals surface area contributed by atoms with Crippen molar-refractivity contribution < 1.29 is 13.9 Å². The summed E-state index contributed by atoms with van der Waals surface area (Å²) in [5.74, 6) is 0.472. The minimum Gasteiger partial charge on any atom is -0.371 e. The molecule has 9 heteroatoms. The Bertz CT molecular complexity index is 1030. The van der Waals surface area contributed by atoms with Gasteiger partial charge in [0.2, 0.25) is 0 Å². The molecule has 8 nitrogen and oxygen atoms in total. The molecule has 0 aliphatic carbocycles. The van der Waals surface area contributed by atoms with Crippen LogP contribution in [0.5, 0.6) is 0 Å². The van der Waals surface area contributed by atoms with Gasteiger partial charge in [-0.3, -0.25) is 4.98 Å². The minimum absolute atomic E-state index is 0.141. The Balaban J connectivity index is 1.43. The lowest BCUT2D eigenvalue weighted by Gasteiger charge is -2.43. The van der Waals surface area contributed by atoms with Gasteiger partial charge in [0.1, 0.15) is 23.1 Å². The minimum atomic E-state index is -0.915. The van der Waals surface area contributed by atoms with Crippen LogP contribution in [0.2, 0.25) is 0 Å². The molecule has 174 valence electrons. The first-order valence-corrected chi connectivity index (χ1v) is 11.3. The molecule has 0 saturated carbocycles. The zero-order valence-corrected chi connectivity index (χ0v) is 18.6. The number of benzene rings is 1. The van der Waals surface area contributed by atoms with E-state index in [9.17, 15) is 4.39 Å². The van der Waals surface area contributed by atoms with E-state index >= 15 is 0 Å². The first-order valence-electron chi connectivity index (χ1n) is 11.3. The van der Waals surface area contributed by atoms with E-state index in [1.165, 1.54) is 12.1 Å². The summed E-state index contributed by atoms with van der Waals surface area (Å²) in [5.41, 5.74) is 7.98. The van der Waals surface area contributed by atoms with E-state index in [1.54, 1.807) is 30.7 Å². The molecule has 1 aromatic heterocycles. The zero-order chi connectivity index (χ0) is 22.9. The number of hydrogen-bond donors (Lipinski definition) is 3. The number of aromatic nitrogens is 2. The lowest BCUT2D eigenvalue weighted by molar-refractivity contribution is -0.182. The van der Waals surface area contributed by atoms with Gasteiger partial charge in [0, 0.05) is 56.0 Å². The second-order valence-electron chi connectivity index (χ2n) is 8.77. The molecule has 0 amide bonds. The third-order valence-electron chi connectivity index (χ3n) is 6.65. The van der Waals surface area contributed by atoms with Crippen molar-refractivity contribution in [1.82, 2.24) is 20.2 Å². The average Bonchev–Trinajstić information content (AvgIpc) is 3.28. The lowest BCUT2D eigenvalue weighted by atomic mass is 9.85. The molecule has 2 saturated heterocycles. The number of likely N-dealkylation sites (tertiary alicyclic amines) is 1. The topological polar surface area (TPSA) is 97.6 Å². The Morgan fingerprint density at radius 2 is 1.88 bits per heavy atom. The number of dihydropyridines is 1. The number of rotatable bonds is 5. The van der Waals surface area contributed by atoms with Crippen LogP contribution in [0.4, 0.5) is 10.2 Å². The number of hydrogen-bond acceptors (Lipinski definition) is 8. The second-order valence-corrected chi connectivity index (χ2v) is 8.77. The van der Waals surface area contributed by atoms with Crippen LogP contribution in [0, 0.1) is 5.82 Å². The average molecular weight is 453 g/mol. The fraction of sp³-hybridized carbons (Fsp3) is 0.417. The normalized spacial score (nSPS) is 25.2. The van der Waals surface area contributed by atoms with E-state index < -0.39 is 11.4 Å². The van der Waals surface area contributed by atoms with Crippen LogP contribution < -0.4 is 16.4 Å². The number of nitrogens with one attached hydrogen (secondary N) is 2. The number of nitrogens with zero attached hydrogens (tertiary/aromatic N) is 3. The van der Waals surface area contributed by atoms with E-state index in [-0.39, 0.29) is 11.7 Å². The first-order chi connectivity index (χ1) is 15.9. The maximum Gasteiger partial charge on any atom is 0.171 e. The maximum atomic E-state index is 13.5. The molecule has 5 rings (SSSR count). The molecule has 1 spiro atoms. The van der Waals surface area contributed by atoms with Crippen LogP contribution in [0.15, 0.2) is 66.5 Å². The molecular formula is C24H29FN6O2. The number of halogens is 1.